The highest BCUT2D eigenvalue weighted by atomic mass is 79.9. The summed E-state index contributed by atoms with van der Waals surface area (Å²) in [7, 11) is 1.87. The summed E-state index contributed by atoms with van der Waals surface area (Å²) in [5, 5.41) is 14.2. The molecule has 0 fully saturated rings. The zero-order valence-electron chi connectivity index (χ0n) is 11.7. The van der Waals surface area contributed by atoms with E-state index >= 15 is 0 Å². The number of ether oxygens (including phenoxy) is 1. The van der Waals surface area contributed by atoms with Crippen LogP contribution in [0.1, 0.15) is 11.1 Å². The van der Waals surface area contributed by atoms with Gasteiger partial charge in [-0.05, 0) is 59.2 Å². The van der Waals surface area contributed by atoms with E-state index in [1.54, 1.807) is 25.1 Å². The third kappa shape index (κ3) is 3.80. The summed E-state index contributed by atoms with van der Waals surface area (Å²) in [4.78, 5) is 10.7. The Balaban J connectivity index is 2.32. The lowest BCUT2D eigenvalue weighted by Gasteiger charge is -2.10. The minimum atomic E-state index is -0.439. The molecular formula is C15H15BrN2O3. The Kier molecular flexibility index (Phi) is 4.93. The molecule has 0 aliphatic carbocycles. The maximum Gasteiger partial charge on any atom is 0.311 e. The summed E-state index contributed by atoms with van der Waals surface area (Å²) in [5.41, 5.74) is 1.87. The van der Waals surface area contributed by atoms with Gasteiger partial charge >= 0.3 is 5.69 Å². The summed E-state index contributed by atoms with van der Waals surface area (Å²) in [6, 6.07) is 10.5. The van der Waals surface area contributed by atoms with E-state index in [0.29, 0.717) is 5.75 Å². The van der Waals surface area contributed by atoms with Crippen LogP contribution in [0.3, 0.4) is 0 Å². The van der Waals surface area contributed by atoms with Gasteiger partial charge in [-0.25, -0.2) is 0 Å². The van der Waals surface area contributed by atoms with E-state index in [1.807, 2.05) is 19.2 Å². The highest BCUT2D eigenvalue weighted by molar-refractivity contribution is 9.10. The van der Waals surface area contributed by atoms with E-state index in [2.05, 4.69) is 21.2 Å². The first kappa shape index (κ1) is 15.5. The quantitative estimate of drug-likeness (QED) is 0.648. The SMILES string of the molecule is CNCc1ccc(Oc2ccc(C)cc2[N+](=O)[O-])c(Br)c1. The van der Waals surface area contributed by atoms with E-state index in [9.17, 15) is 10.1 Å². The van der Waals surface area contributed by atoms with Crippen molar-refractivity contribution in [2.45, 2.75) is 13.5 Å². The van der Waals surface area contributed by atoms with Gasteiger partial charge in [-0.2, -0.15) is 0 Å². The highest BCUT2D eigenvalue weighted by Gasteiger charge is 2.16. The van der Waals surface area contributed by atoms with Crippen LogP contribution < -0.4 is 10.1 Å². The molecule has 0 aliphatic rings. The van der Waals surface area contributed by atoms with E-state index in [0.717, 1.165) is 22.1 Å². The van der Waals surface area contributed by atoms with Gasteiger partial charge in [0.05, 0.1) is 9.40 Å². The number of nitrogens with one attached hydrogen (secondary N) is 1. The normalized spacial score (nSPS) is 10.4. The molecule has 5 nitrogen and oxygen atoms in total. The van der Waals surface area contributed by atoms with E-state index in [4.69, 9.17) is 4.74 Å². The molecule has 110 valence electrons. The Hall–Kier alpha value is -1.92. The molecule has 0 aromatic heterocycles. The van der Waals surface area contributed by atoms with Crippen molar-refractivity contribution in [1.29, 1.82) is 0 Å². The van der Waals surface area contributed by atoms with Gasteiger partial charge in [-0.1, -0.05) is 12.1 Å². The summed E-state index contributed by atoms with van der Waals surface area (Å²) < 4.78 is 6.44. The highest BCUT2D eigenvalue weighted by Crippen LogP contribution is 2.35. The van der Waals surface area contributed by atoms with Crippen LogP contribution in [0.2, 0.25) is 0 Å². The van der Waals surface area contributed by atoms with Crippen molar-refractivity contribution >= 4 is 21.6 Å². The van der Waals surface area contributed by atoms with Crippen molar-refractivity contribution in [3.8, 4) is 11.5 Å². The lowest BCUT2D eigenvalue weighted by Crippen LogP contribution is -2.04. The lowest BCUT2D eigenvalue weighted by atomic mass is 10.2. The number of rotatable bonds is 5. The van der Waals surface area contributed by atoms with Gasteiger partial charge in [0.15, 0.2) is 0 Å². The first-order valence-corrected chi connectivity index (χ1v) is 7.16. The number of nitro benzene ring substituents is 1. The van der Waals surface area contributed by atoms with Crippen molar-refractivity contribution < 1.29 is 9.66 Å². The van der Waals surface area contributed by atoms with Crippen LogP contribution in [-0.4, -0.2) is 12.0 Å². The lowest BCUT2D eigenvalue weighted by molar-refractivity contribution is -0.385. The van der Waals surface area contributed by atoms with Gasteiger partial charge in [0.25, 0.3) is 0 Å². The average molecular weight is 351 g/mol. The maximum absolute atomic E-state index is 11.1. The Morgan fingerprint density at radius 1 is 1.24 bits per heavy atom. The smallest absolute Gasteiger partial charge is 0.311 e. The molecule has 0 heterocycles. The molecule has 0 amide bonds. The van der Waals surface area contributed by atoms with Crippen molar-refractivity contribution in [3.05, 3.63) is 62.1 Å². The van der Waals surface area contributed by atoms with Crippen LogP contribution >= 0.6 is 15.9 Å². The zero-order chi connectivity index (χ0) is 15.4. The fourth-order valence-electron chi connectivity index (χ4n) is 1.92. The summed E-state index contributed by atoms with van der Waals surface area (Å²) in [5.74, 6) is 0.773. The van der Waals surface area contributed by atoms with Gasteiger partial charge < -0.3 is 10.1 Å². The number of halogens is 1. The minimum absolute atomic E-state index is 0.0406. The first-order valence-electron chi connectivity index (χ1n) is 6.37. The second-order valence-corrected chi connectivity index (χ2v) is 5.48. The molecule has 1 N–H and O–H groups in total. The molecule has 0 saturated heterocycles. The van der Waals surface area contributed by atoms with Crippen molar-refractivity contribution in [3.63, 3.8) is 0 Å². The van der Waals surface area contributed by atoms with Crippen LogP contribution in [0, 0.1) is 17.0 Å². The number of aryl methyl sites for hydroxylation is 1. The van der Waals surface area contributed by atoms with Crippen molar-refractivity contribution in [2.75, 3.05) is 7.05 Å². The molecular weight excluding hydrogens is 336 g/mol. The molecule has 0 saturated carbocycles. The predicted molar refractivity (Wildman–Crippen MR) is 84.8 cm³/mol. The number of benzene rings is 2. The van der Waals surface area contributed by atoms with Gasteiger partial charge in [0, 0.05) is 12.6 Å². The average Bonchev–Trinajstić information content (AvgIpc) is 2.43. The monoisotopic (exact) mass is 350 g/mol. The molecule has 21 heavy (non-hydrogen) atoms. The Morgan fingerprint density at radius 2 is 1.95 bits per heavy atom. The topological polar surface area (TPSA) is 64.4 Å². The second kappa shape index (κ2) is 6.69. The van der Waals surface area contributed by atoms with E-state index < -0.39 is 4.92 Å². The first-order chi connectivity index (χ1) is 10.0. The third-order valence-electron chi connectivity index (χ3n) is 2.91. The third-order valence-corrected chi connectivity index (χ3v) is 3.53. The fourth-order valence-corrected chi connectivity index (χ4v) is 2.42. The van der Waals surface area contributed by atoms with Crippen molar-refractivity contribution in [1.82, 2.24) is 5.32 Å². The minimum Gasteiger partial charge on any atom is -0.449 e. The molecule has 0 aliphatic heterocycles. The molecule has 0 spiro atoms. The van der Waals surface area contributed by atoms with Gasteiger partial charge in [-0.15, -0.1) is 0 Å². The van der Waals surface area contributed by atoms with Gasteiger partial charge in [0.2, 0.25) is 5.75 Å². The molecule has 0 radical (unpaired) electrons. The van der Waals surface area contributed by atoms with Crippen LogP contribution in [0.15, 0.2) is 40.9 Å². The van der Waals surface area contributed by atoms with Crippen LogP contribution in [0.4, 0.5) is 5.69 Å². The number of hydrogen-bond donors (Lipinski definition) is 1. The second-order valence-electron chi connectivity index (χ2n) is 4.63. The largest absolute Gasteiger partial charge is 0.449 e. The molecule has 6 heteroatoms. The molecule has 2 aromatic rings. The zero-order valence-corrected chi connectivity index (χ0v) is 13.3. The van der Waals surface area contributed by atoms with E-state index in [1.165, 1.54) is 6.07 Å². The van der Waals surface area contributed by atoms with Crippen LogP contribution in [0.25, 0.3) is 0 Å². The molecule has 2 rings (SSSR count). The van der Waals surface area contributed by atoms with Gasteiger partial charge in [-0.3, -0.25) is 10.1 Å². The fraction of sp³-hybridized carbons (Fsp3) is 0.200. The van der Waals surface area contributed by atoms with Crippen LogP contribution in [0.5, 0.6) is 11.5 Å². The maximum atomic E-state index is 11.1. The summed E-state index contributed by atoms with van der Waals surface area (Å²) in [6.07, 6.45) is 0. The molecule has 2 aromatic carbocycles. The molecule has 0 unspecified atom stereocenters. The van der Waals surface area contributed by atoms with E-state index in [-0.39, 0.29) is 11.4 Å². The standard InChI is InChI=1S/C15H15BrN2O3/c1-10-3-5-15(13(7-10)18(19)20)21-14-6-4-11(9-17-2)8-12(14)16/h3-8,17H,9H2,1-2H3. The Labute approximate surface area is 131 Å². The van der Waals surface area contributed by atoms with Gasteiger partial charge in [0.1, 0.15) is 5.75 Å². The van der Waals surface area contributed by atoms with Crippen molar-refractivity contribution in [2.24, 2.45) is 0 Å². The molecule has 0 bridgehead atoms. The Bertz CT molecular complexity index is 674. The number of hydrogen-bond acceptors (Lipinski definition) is 4. The summed E-state index contributed by atoms with van der Waals surface area (Å²) in [6.45, 7) is 2.54. The Morgan fingerprint density at radius 3 is 2.57 bits per heavy atom. The summed E-state index contributed by atoms with van der Waals surface area (Å²) >= 11 is 3.43. The van der Waals surface area contributed by atoms with Crippen LogP contribution in [-0.2, 0) is 6.54 Å². The number of nitro groups is 1. The number of nitrogens with zero attached hydrogens (tertiary/aromatic N) is 1. The molecule has 0 atom stereocenters. The predicted octanol–water partition coefficient (Wildman–Crippen LogP) is 4.18.